The SMILES string of the molecule is Cc1noc2nc(-c3ccccc3)cc(C(=O)NCC(C)C3CC3)c12. The van der Waals surface area contributed by atoms with Gasteiger partial charge in [0.2, 0.25) is 0 Å². The van der Waals surface area contributed by atoms with Crippen LogP contribution in [0.15, 0.2) is 40.9 Å². The van der Waals surface area contributed by atoms with Gasteiger partial charge < -0.3 is 9.84 Å². The van der Waals surface area contributed by atoms with Crippen molar-refractivity contribution in [2.75, 3.05) is 6.54 Å². The van der Waals surface area contributed by atoms with Crippen LogP contribution in [-0.2, 0) is 0 Å². The normalized spacial score (nSPS) is 15.3. The van der Waals surface area contributed by atoms with Gasteiger partial charge in [-0.2, -0.15) is 0 Å². The van der Waals surface area contributed by atoms with E-state index in [9.17, 15) is 4.79 Å². The van der Waals surface area contributed by atoms with Crippen LogP contribution in [0.3, 0.4) is 0 Å². The van der Waals surface area contributed by atoms with Gasteiger partial charge in [-0.05, 0) is 37.7 Å². The molecule has 1 saturated carbocycles. The van der Waals surface area contributed by atoms with Crippen molar-refractivity contribution in [3.8, 4) is 11.3 Å². The second-order valence-corrected chi connectivity index (χ2v) is 6.89. The van der Waals surface area contributed by atoms with Gasteiger partial charge in [-0.15, -0.1) is 0 Å². The molecule has 128 valence electrons. The van der Waals surface area contributed by atoms with E-state index in [1.54, 1.807) is 0 Å². The third-order valence-electron chi connectivity index (χ3n) is 4.94. The van der Waals surface area contributed by atoms with Crippen LogP contribution in [0.5, 0.6) is 0 Å². The number of amides is 1. The van der Waals surface area contributed by atoms with E-state index in [-0.39, 0.29) is 5.91 Å². The lowest BCUT2D eigenvalue weighted by molar-refractivity contribution is 0.0948. The third-order valence-corrected chi connectivity index (χ3v) is 4.94. The number of nitrogens with one attached hydrogen (secondary N) is 1. The Morgan fingerprint density at radius 3 is 2.80 bits per heavy atom. The minimum atomic E-state index is -0.0941. The molecule has 1 aromatic carbocycles. The Kier molecular flexibility index (Phi) is 3.99. The van der Waals surface area contributed by atoms with Gasteiger partial charge in [0.1, 0.15) is 0 Å². The molecule has 1 aliphatic carbocycles. The highest BCUT2D eigenvalue weighted by molar-refractivity contribution is 6.07. The molecule has 1 amide bonds. The Morgan fingerprint density at radius 1 is 1.32 bits per heavy atom. The summed E-state index contributed by atoms with van der Waals surface area (Å²) >= 11 is 0. The smallest absolute Gasteiger partial charge is 0.259 e. The highest BCUT2D eigenvalue weighted by Crippen LogP contribution is 2.36. The maximum atomic E-state index is 12.8. The van der Waals surface area contributed by atoms with Crippen molar-refractivity contribution in [3.05, 3.63) is 47.7 Å². The predicted octanol–water partition coefficient (Wildman–Crippen LogP) is 3.97. The Hall–Kier alpha value is -2.69. The molecule has 0 bridgehead atoms. The van der Waals surface area contributed by atoms with Crippen molar-refractivity contribution in [3.63, 3.8) is 0 Å². The van der Waals surface area contributed by atoms with E-state index >= 15 is 0 Å². The number of pyridine rings is 1. The number of benzene rings is 1. The summed E-state index contributed by atoms with van der Waals surface area (Å²) < 4.78 is 5.33. The van der Waals surface area contributed by atoms with Crippen LogP contribution in [0.2, 0.25) is 0 Å². The molecule has 5 heteroatoms. The van der Waals surface area contributed by atoms with E-state index in [1.807, 2.05) is 43.3 Å². The van der Waals surface area contributed by atoms with Gasteiger partial charge in [-0.3, -0.25) is 4.79 Å². The first-order chi connectivity index (χ1) is 12.1. The van der Waals surface area contributed by atoms with Gasteiger partial charge in [0, 0.05) is 12.1 Å². The van der Waals surface area contributed by atoms with Crippen LogP contribution in [0.4, 0.5) is 0 Å². The standard InChI is InChI=1S/C20H21N3O2/c1-12(14-8-9-14)11-21-19(24)16-10-17(15-6-4-3-5-7-15)22-20-18(16)13(2)23-25-20/h3-7,10,12,14H,8-9,11H2,1-2H3,(H,21,24). The lowest BCUT2D eigenvalue weighted by Gasteiger charge is -2.12. The maximum Gasteiger partial charge on any atom is 0.259 e. The second-order valence-electron chi connectivity index (χ2n) is 6.89. The van der Waals surface area contributed by atoms with Gasteiger partial charge in [0.05, 0.1) is 22.3 Å². The predicted molar refractivity (Wildman–Crippen MR) is 96.2 cm³/mol. The number of rotatable bonds is 5. The number of carbonyl (C=O) groups excluding carboxylic acids is 1. The van der Waals surface area contributed by atoms with Crippen LogP contribution < -0.4 is 5.32 Å². The van der Waals surface area contributed by atoms with Crippen LogP contribution >= 0.6 is 0 Å². The zero-order chi connectivity index (χ0) is 17.4. The number of hydrogen-bond acceptors (Lipinski definition) is 4. The molecule has 25 heavy (non-hydrogen) atoms. The zero-order valence-corrected chi connectivity index (χ0v) is 14.5. The summed E-state index contributed by atoms with van der Waals surface area (Å²) in [7, 11) is 0. The zero-order valence-electron chi connectivity index (χ0n) is 14.5. The molecular formula is C20H21N3O2. The molecule has 4 rings (SSSR count). The lowest BCUT2D eigenvalue weighted by Crippen LogP contribution is -2.29. The Balaban J connectivity index is 1.70. The summed E-state index contributed by atoms with van der Waals surface area (Å²) in [6.45, 7) is 4.72. The highest BCUT2D eigenvalue weighted by atomic mass is 16.5. The van der Waals surface area contributed by atoms with Gasteiger partial charge >= 0.3 is 0 Å². The van der Waals surface area contributed by atoms with E-state index in [4.69, 9.17) is 4.52 Å². The highest BCUT2D eigenvalue weighted by Gasteiger charge is 2.28. The summed E-state index contributed by atoms with van der Waals surface area (Å²) in [6, 6.07) is 11.6. The van der Waals surface area contributed by atoms with Crippen LogP contribution in [-0.4, -0.2) is 22.6 Å². The van der Waals surface area contributed by atoms with E-state index < -0.39 is 0 Å². The van der Waals surface area contributed by atoms with Crippen molar-refractivity contribution in [1.82, 2.24) is 15.5 Å². The Morgan fingerprint density at radius 2 is 2.08 bits per heavy atom. The molecule has 1 aliphatic rings. The summed E-state index contributed by atoms with van der Waals surface area (Å²) in [6.07, 6.45) is 2.55. The first kappa shape index (κ1) is 15.8. The summed E-state index contributed by atoms with van der Waals surface area (Å²) in [4.78, 5) is 17.4. The van der Waals surface area contributed by atoms with Crippen LogP contribution in [0.25, 0.3) is 22.4 Å². The van der Waals surface area contributed by atoms with Gasteiger partial charge in [-0.25, -0.2) is 4.98 Å². The van der Waals surface area contributed by atoms with Crippen molar-refractivity contribution in [2.45, 2.75) is 26.7 Å². The number of aryl methyl sites for hydroxylation is 1. The molecule has 1 unspecified atom stereocenters. The minimum absolute atomic E-state index is 0.0941. The molecule has 0 radical (unpaired) electrons. The number of hydrogen-bond donors (Lipinski definition) is 1. The lowest BCUT2D eigenvalue weighted by atomic mass is 10.0. The summed E-state index contributed by atoms with van der Waals surface area (Å²) in [5.41, 5.74) is 3.32. The maximum absolute atomic E-state index is 12.8. The average molecular weight is 335 g/mol. The average Bonchev–Trinajstić information content (AvgIpc) is 3.43. The molecule has 2 heterocycles. The molecule has 0 spiro atoms. The Bertz CT molecular complexity index is 913. The van der Waals surface area contributed by atoms with E-state index in [0.717, 1.165) is 11.5 Å². The van der Waals surface area contributed by atoms with Crippen molar-refractivity contribution < 1.29 is 9.32 Å². The molecule has 2 aromatic heterocycles. The number of nitrogens with zero attached hydrogens (tertiary/aromatic N) is 2. The monoisotopic (exact) mass is 335 g/mol. The second kappa shape index (κ2) is 6.31. The van der Waals surface area contributed by atoms with E-state index in [1.165, 1.54) is 12.8 Å². The van der Waals surface area contributed by atoms with Gasteiger partial charge in [0.15, 0.2) is 0 Å². The topological polar surface area (TPSA) is 68.0 Å². The van der Waals surface area contributed by atoms with Crippen molar-refractivity contribution >= 4 is 17.0 Å². The van der Waals surface area contributed by atoms with E-state index in [0.29, 0.717) is 40.5 Å². The number of carbonyl (C=O) groups is 1. The molecule has 1 fully saturated rings. The van der Waals surface area contributed by atoms with Gasteiger partial charge in [-0.1, -0.05) is 42.4 Å². The third kappa shape index (κ3) is 3.14. The number of fused-ring (bicyclic) bond motifs is 1. The number of aromatic nitrogens is 2. The fraction of sp³-hybridized carbons (Fsp3) is 0.350. The van der Waals surface area contributed by atoms with Crippen LogP contribution in [0, 0.1) is 18.8 Å². The van der Waals surface area contributed by atoms with Gasteiger partial charge in [0.25, 0.3) is 11.6 Å². The molecule has 1 N–H and O–H groups in total. The molecule has 3 aromatic rings. The fourth-order valence-corrected chi connectivity index (χ4v) is 3.21. The van der Waals surface area contributed by atoms with Crippen molar-refractivity contribution in [2.24, 2.45) is 11.8 Å². The minimum Gasteiger partial charge on any atom is -0.352 e. The molecular weight excluding hydrogens is 314 g/mol. The Labute approximate surface area is 146 Å². The largest absolute Gasteiger partial charge is 0.352 e. The van der Waals surface area contributed by atoms with Crippen LogP contribution in [0.1, 0.15) is 35.8 Å². The quantitative estimate of drug-likeness (QED) is 0.766. The molecule has 0 aliphatic heterocycles. The molecule has 5 nitrogen and oxygen atoms in total. The first-order valence-electron chi connectivity index (χ1n) is 8.74. The van der Waals surface area contributed by atoms with E-state index in [2.05, 4.69) is 22.4 Å². The summed E-state index contributed by atoms with van der Waals surface area (Å²) in [5, 5.41) is 7.75. The fourth-order valence-electron chi connectivity index (χ4n) is 3.21. The first-order valence-corrected chi connectivity index (χ1v) is 8.74. The summed E-state index contributed by atoms with van der Waals surface area (Å²) in [5.74, 6) is 1.18. The molecule has 0 saturated heterocycles. The van der Waals surface area contributed by atoms with Crippen molar-refractivity contribution in [1.29, 1.82) is 0 Å². The molecule has 1 atom stereocenters.